The van der Waals surface area contributed by atoms with E-state index in [2.05, 4.69) is 9.97 Å². The molecule has 0 radical (unpaired) electrons. The third-order valence-electron chi connectivity index (χ3n) is 4.21. The molecule has 3 heterocycles. The van der Waals surface area contributed by atoms with E-state index in [9.17, 15) is 18.3 Å². The van der Waals surface area contributed by atoms with Crippen LogP contribution in [0.3, 0.4) is 0 Å². The summed E-state index contributed by atoms with van der Waals surface area (Å²) >= 11 is 0. The van der Waals surface area contributed by atoms with E-state index in [0.29, 0.717) is 22.3 Å². The number of nitrogens with zero attached hydrogens (tertiary/aromatic N) is 2. The molecule has 0 saturated carbocycles. The number of benzene rings is 1. The Morgan fingerprint density at radius 1 is 1.25 bits per heavy atom. The minimum absolute atomic E-state index is 0.0893. The van der Waals surface area contributed by atoms with Crippen molar-refractivity contribution >= 4 is 32.7 Å². The largest absolute Gasteiger partial charge is 0.481 e. The van der Waals surface area contributed by atoms with Gasteiger partial charge in [-0.1, -0.05) is 18.2 Å². The number of sulfonamides is 1. The number of rotatable bonds is 3. The van der Waals surface area contributed by atoms with Gasteiger partial charge in [-0.3, -0.25) is 9.10 Å². The third-order valence-corrected chi connectivity index (χ3v) is 6.03. The topological polar surface area (TPSA) is 103 Å². The van der Waals surface area contributed by atoms with Crippen molar-refractivity contribution in [3.8, 4) is 0 Å². The molecule has 24 heavy (non-hydrogen) atoms. The molecule has 1 aromatic carbocycles. The van der Waals surface area contributed by atoms with Crippen molar-refractivity contribution in [3.05, 3.63) is 54.4 Å². The lowest BCUT2D eigenvalue weighted by molar-refractivity contribution is -0.138. The number of H-pyrrole nitrogens is 1. The fourth-order valence-corrected chi connectivity index (χ4v) is 4.73. The highest BCUT2D eigenvalue weighted by molar-refractivity contribution is 7.93. The maximum atomic E-state index is 13.1. The maximum Gasteiger partial charge on any atom is 0.312 e. The van der Waals surface area contributed by atoms with Gasteiger partial charge in [-0.25, -0.2) is 13.4 Å². The molecule has 1 aliphatic rings. The van der Waals surface area contributed by atoms with Crippen LogP contribution in [0.5, 0.6) is 0 Å². The van der Waals surface area contributed by atoms with E-state index in [0.717, 1.165) is 4.31 Å². The zero-order valence-corrected chi connectivity index (χ0v) is 13.2. The average molecular weight is 343 g/mol. The van der Waals surface area contributed by atoms with Gasteiger partial charge in [0, 0.05) is 17.8 Å². The smallest absolute Gasteiger partial charge is 0.312 e. The number of fused-ring (bicyclic) bond motifs is 2. The van der Waals surface area contributed by atoms with E-state index in [1.54, 1.807) is 42.6 Å². The molecule has 8 heteroatoms. The zero-order chi connectivity index (χ0) is 16.9. The van der Waals surface area contributed by atoms with Crippen molar-refractivity contribution in [2.75, 3.05) is 10.8 Å². The van der Waals surface area contributed by atoms with E-state index in [1.165, 1.54) is 6.20 Å². The summed E-state index contributed by atoms with van der Waals surface area (Å²) in [6, 6.07) is 10.0. The molecule has 0 saturated heterocycles. The Labute approximate surface area is 137 Å². The molecule has 0 aliphatic carbocycles. The van der Waals surface area contributed by atoms with Crippen molar-refractivity contribution in [2.24, 2.45) is 0 Å². The molecule has 1 aliphatic heterocycles. The first-order valence-corrected chi connectivity index (χ1v) is 8.71. The normalized spacial score (nSPS) is 17.2. The van der Waals surface area contributed by atoms with E-state index in [4.69, 9.17) is 0 Å². The van der Waals surface area contributed by atoms with Crippen LogP contribution in [0.1, 0.15) is 11.5 Å². The Morgan fingerprint density at radius 3 is 2.83 bits per heavy atom. The summed E-state index contributed by atoms with van der Waals surface area (Å²) in [5.41, 5.74) is 1.38. The molecule has 0 spiro atoms. The second-order valence-electron chi connectivity index (χ2n) is 5.54. The number of hydrogen-bond acceptors (Lipinski definition) is 4. The first kappa shape index (κ1) is 14.7. The molecule has 0 fully saturated rings. The Kier molecular flexibility index (Phi) is 3.10. The number of hydrogen-bond donors (Lipinski definition) is 2. The predicted molar refractivity (Wildman–Crippen MR) is 87.4 cm³/mol. The van der Waals surface area contributed by atoms with Crippen LogP contribution in [0.15, 0.2) is 53.7 Å². The highest BCUT2D eigenvalue weighted by Gasteiger charge is 2.40. The van der Waals surface area contributed by atoms with Gasteiger partial charge in [0.2, 0.25) is 0 Å². The third kappa shape index (κ3) is 2.00. The predicted octanol–water partition coefficient (Wildman–Crippen LogP) is 1.94. The average Bonchev–Trinajstić information content (AvgIpc) is 3.17. The second kappa shape index (κ2) is 5.07. The monoisotopic (exact) mass is 343 g/mol. The summed E-state index contributed by atoms with van der Waals surface area (Å²) in [4.78, 5) is 18.5. The number of carboxylic acids is 1. The Morgan fingerprint density at radius 2 is 2.04 bits per heavy atom. The molecule has 122 valence electrons. The molecule has 7 nitrogen and oxygen atoms in total. The molecule has 2 N–H and O–H groups in total. The first-order valence-electron chi connectivity index (χ1n) is 7.27. The van der Waals surface area contributed by atoms with E-state index >= 15 is 0 Å². The fraction of sp³-hybridized carbons (Fsp3) is 0.125. The minimum atomic E-state index is -3.90. The molecular formula is C16H13N3O4S. The van der Waals surface area contributed by atoms with Crippen LogP contribution >= 0.6 is 0 Å². The maximum absolute atomic E-state index is 13.1. The van der Waals surface area contributed by atoms with Gasteiger partial charge in [-0.2, -0.15) is 0 Å². The lowest BCUT2D eigenvalue weighted by atomic mass is 10.0. The van der Waals surface area contributed by atoms with Crippen LogP contribution < -0.4 is 4.31 Å². The van der Waals surface area contributed by atoms with Gasteiger partial charge in [-0.15, -0.1) is 0 Å². The number of para-hydroxylation sites is 1. The minimum Gasteiger partial charge on any atom is -0.481 e. The van der Waals surface area contributed by atoms with Crippen LogP contribution in [-0.4, -0.2) is 36.0 Å². The standard InChI is InChI=1S/C16H13N3O4S/c20-16(21)12-9-19(13-6-2-1-4-10(12)13)24(22,23)14-8-18-15-11(14)5-3-7-17-15/h1-8,12H,9H2,(H,17,18)(H,20,21)/t12-/m0/s1. The van der Waals surface area contributed by atoms with Crippen molar-refractivity contribution in [3.63, 3.8) is 0 Å². The number of nitrogens with one attached hydrogen (secondary N) is 1. The summed E-state index contributed by atoms with van der Waals surface area (Å²) in [6.45, 7) is -0.121. The van der Waals surface area contributed by atoms with Gasteiger partial charge in [0.05, 0.1) is 12.2 Å². The molecule has 4 rings (SSSR count). The van der Waals surface area contributed by atoms with Gasteiger partial charge in [-0.05, 0) is 23.8 Å². The fourth-order valence-electron chi connectivity index (χ4n) is 3.07. The number of aliphatic carboxylic acids is 1. The van der Waals surface area contributed by atoms with E-state index in [1.807, 2.05) is 0 Å². The van der Waals surface area contributed by atoms with Crippen molar-refractivity contribution in [2.45, 2.75) is 10.8 Å². The van der Waals surface area contributed by atoms with Crippen LogP contribution in [0.25, 0.3) is 11.0 Å². The number of carboxylic acid groups (broad SMARTS) is 1. The molecule has 0 unspecified atom stereocenters. The van der Waals surface area contributed by atoms with Crippen molar-refractivity contribution in [1.82, 2.24) is 9.97 Å². The van der Waals surface area contributed by atoms with Crippen molar-refractivity contribution < 1.29 is 18.3 Å². The molecule has 0 amide bonds. The van der Waals surface area contributed by atoms with Gasteiger partial charge < -0.3 is 10.1 Å². The number of anilines is 1. The first-order chi connectivity index (χ1) is 11.5. The van der Waals surface area contributed by atoms with Crippen molar-refractivity contribution in [1.29, 1.82) is 0 Å². The summed E-state index contributed by atoms with van der Waals surface area (Å²) in [5, 5.41) is 9.89. The van der Waals surface area contributed by atoms with Gasteiger partial charge in [0.25, 0.3) is 10.0 Å². The molecule has 1 atom stereocenters. The summed E-state index contributed by atoms with van der Waals surface area (Å²) in [7, 11) is -3.90. The number of pyridine rings is 1. The van der Waals surface area contributed by atoms with Crippen LogP contribution in [0.2, 0.25) is 0 Å². The Balaban J connectivity index is 1.88. The molecule has 0 bridgehead atoms. The zero-order valence-electron chi connectivity index (χ0n) is 12.4. The molecule has 3 aromatic rings. The number of aromatic nitrogens is 2. The number of aromatic amines is 1. The second-order valence-corrected chi connectivity index (χ2v) is 7.37. The molecular weight excluding hydrogens is 330 g/mol. The Hall–Kier alpha value is -2.87. The van der Waals surface area contributed by atoms with Crippen LogP contribution in [-0.2, 0) is 14.8 Å². The summed E-state index contributed by atoms with van der Waals surface area (Å²) < 4.78 is 27.4. The van der Waals surface area contributed by atoms with E-state index in [-0.39, 0.29) is 11.4 Å². The lowest BCUT2D eigenvalue weighted by Gasteiger charge is -2.19. The van der Waals surface area contributed by atoms with Gasteiger partial charge in [0.15, 0.2) is 0 Å². The highest BCUT2D eigenvalue weighted by Crippen LogP contribution is 2.40. The van der Waals surface area contributed by atoms with Gasteiger partial charge in [0.1, 0.15) is 16.5 Å². The van der Waals surface area contributed by atoms with Gasteiger partial charge >= 0.3 is 5.97 Å². The van der Waals surface area contributed by atoms with E-state index < -0.39 is 21.9 Å². The quantitative estimate of drug-likeness (QED) is 0.756. The summed E-state index contributed by atoms with van der Waals surface area (Å²) in [6.07, 6.45) is 2.96. The highest BCUT2D eigenvalue weighted by atomic mass is 32.2. The summed E-state index contributed by atoms with van der Waals surface area (Å²) in [5.74, 6) is -1.92. The lowest BCUT2D eigenvalue weighted by Crippen LogP contribution is -2.31. The SMILES string of the molecule is O=C(O)[C@H]1CN(S(=O)(=O)c2c[nH]c3ncccc23)c2ccccc21. The number of carbonyl (C=O) groups is 1. The Bertz CT molecular complexity index is 1060. The van der Waals surface area contributed by atoms with Crippen LogP contribution in [0.4, 0.5) is 5.69 Å². The molecule has 2 aromatic heterocycles. The van der Waals surface area contributed by atoms with Crippen LogP contribution in [0, 0.1) is 0 Å².